The number of hydrogen-bond acceptors (Lipinski definition) is 6. The van der Waals surface area contributed by atoms with Crippen molar-refractivity contribution in [3.63, 3.8) is 0 Å². The molecule has 11 heteroatoms. The van der Waals surface area contributed by atoms with Crippen LogP contribution in [0, 0.1) is 10.1 Å². The van der Waals surface area contributed by atoms with Gasteiger partial charge in [-0.25, -0.2) is 9.79 Å². The SMILES string of the molecule is COc1ccc([N+](=O)[O-])cc1CN=C(N)N1CCN(C(=O)OC(C)(C)C)CC1.I. The van der Waals surface area contributed by atoms with Gasteiger partial charge in [-0.1, -0.05) is 0 Å². The second-order valence-electron chi connectivity index (χ2n) is 7.38. The first kappa shape index (κ1) is 24.7. The Kier molecular flexibility index (Phi) is 8.92. The molecule has 0 saturated carbocycles. The Morgan fingerprint density at radius 2 is 1.83 bits per heavy atom. The van der Waals surface area contributed by atoms with E-state index in [4.69, 9.17) is 15.2 Å². The number of methoxy groups -OCH3 is 1. The zero-order valence-electron chi connectivity index (χ0n) is 17.1. The van der Waals surface area contributed by atoms with Crippen LogP contribution in [0.15, 0.2) is 23.2 Å². The number of carbonyl (C=O) groups is 1. The molecule has 0 spiro atoms. The third-order valence-corrected chi connectivity index (χ3v) is 4.14. The van der Waals surface area contributed by atoms with Crippen LogP contribution in [-0.4, -0.2) is 65.7 Å². The Morgan fingerprint density at radius 1 is 1.24 bits per heavy atom. The molecule has 0 bridgehead atoms. The van der Waals surface area contributed by atoms with Crippen molar-refractivity contribution in [2.45, 2.75) is 32.9 Å². The van der Waals surface area contributed by atoms with E-state index in [9.17, 15) is 14.9 Å². The molecule has 0 unspecified atom stereocenters. The number of nitro benzene ring substituents is 1. The van der Waals surface area contributed by atoms with Gasteiger partial charge < -0.3 is 25.0 Å². The molecule has 29 heavy (non-hydrogen) atoms. The number of nitrogens with zero attached hydrogens (tertiary/aromatic N) is 4. The van der Waals surface area contributed by atoms with Gasteiger partial charge in [0.2, 0.25) is 0 Å². The molecule has 1 saturated heterocycles. The average molecular weight is 521 g/mol. The lowest BCUT2D eigenvalue weighted by Crippen LogP contribution is -2.53. The van der Waals surface area contributed by atoms with Crippen molar-refractivity contribution in [1.82, 2.24) is 9.80 Å². The van der Waals surface area contributed by atoms with E-state index in [1.165, 1.54) is 19.2 Å². The summed E-state index contributed by atoms with van der Waals surface area (Å²) in [6.45, 7) is 7.65. The fraction of sp³-hybridized carbons (Fsp3) is 0.556. The van der Waals surface area contributed by atoms with E-state index in [2.05, 4.69) is 4.99 Å². The number of nitro groups is 1. The van der Waals surface area contributed by atoms with Crippen molar-refractivity contribution in [3.05, 3.63) is 33.9 Å². The highest BCUT2D eigenvalue weighted by atomic mass is 127. The minimum Gasteiger partial charge on any atom is -0.496 e. The van der Waals surface area contributed by atoms with Gasteiger partial charge in [0.25, 0.3) is 5.69 Å². The topological polar surface area (TPSA) is 124 Å². The van der Waals surface area contributed by atoms with E-state index in [0.717, 1.165) is 0 Å². The lowest BCUT2D eigenvalue weighted by atomic mass is 10.2. The summed E-state index contributed by atoms with van der Waals surface area (Å²) < 4.78 is 10.6. The lowest BCUT2D eigenvalue weighted by Gasteiger charge is -2.36. The summed E-state index contributed by atoms with van der Waals surface area (Å²) in [5.74, 6) is 0.828. The zero-order valence-corrected chi connectivity index (χ0v) is 19.4. The molecule has 0 radical (unpaired) electrons. The number of carbonyl (C=O) groups excluding carboxylic acids is 1. The number of non-ortho nitro benzene ring substituents is 1. The molecule has 1 aliphatic heterocycles. The number of guanidine groups is 1. The van der Waals surface area contributed by atoms with Crippen molar-refractivity contribution < 1.29 is 19.2 Å². The van der Waals surface area contributed by atoms with Crippen molar-refractivity contribution in [2.75, 3.05) is 33.3 Å². The number of hydrogen-bond donors (Lipinski definition) is 1. The highest BCUT2D eigenvalue weighted by Crippen LogP contribution is 2.24. The van der Waals surface area contributed by atoms with Gasteiger partial charge in [-0.15, -0.1) is 24.0 Å². The normalized spacial score (nSPS) is 14.8. The predicted molar refractivity (Wildman–Crippen MR) is 120 cm³/mol. The molecule has 10 nitrogen and oxygen atoms in total. The summed E-state index contributed by atoms with van der Waals surface area (Å²) in [5, 5.41) is 11.0. The van der Waals surface area contributed by atoms with Crippen molar-refractivity contribution in [1.29, 1.82) is 0 Å². The van der Waals surface area contributed by atoms with E-state index >= 15 is 0 Å². The van der Waals surface area contributed by atoms with Gasteiger partial charge >= 0.3 is 6.09 Å². The predicted octanol–water partition coefficient (Wildman–Crippen LogP) is 2.59. The molecule has 0 aromatic heterocycles. The van der Waals surface area contributed by atoms with Crippen LogP contribution in [0.5, 0.6) is 5.75 Å². The van der Waals surface area contributed by atoms with Gasteiger partial charge in [0.1, 0.15) is 11.4 Å². The summed E-state index contributed by atoms with van der Waals surface area (Å²) >= 11 is 0. The molecule has 0 atom stereocenters. The molecule has 1 aromatic rings. The van der Waals surface area contributed by atoms with Crippen LogP contribution in [0.3, 0.4) is 0 Å². The number of rotatable bonds is 4. The van der Waals surface area contributed by atoms with Gasteiger partial charge in [0, 0.05) is 43.9 Å². The fourth-order valence-electron chi connectivity index (χ4n) is 2.71. The minimum atomic E-state index is -0.536. The van der Waals surface area contributed by atoms with Crippen molar-refractivity contribution >= 4 is 41.7 Å². The number of amides is 1. The van der Waals surface area contributed by atoms with Gasteiger partial charge in [0.05, 0.1) is 18.6 Å². The molecular weight excluding hydrogens is 493 g/mol. The van der Waals surface area contributed by atoms with E-state index in [0.29, 0.717) is 43.5 Å². The lowest BCUT2D eigenvalue weighted by molar-refractivity contribution is -0.384. The fourth-order valence-corrected chi connectivity index (χ4v) is 2.71. The molecule has 2 N–H and O–H groups in total. The summed E-state index contributed by atoms with van der Waals surface area (Å²) in [5.41, 5.74) is 6.08. The smallest absolute Gasteiger partial charge is 0.410 e. The van der Waals surface area contributed by atoms with Gasteiger partial charge in [-0.2, -0.15) is 0 Å². The molecule has 1 amide bonds. The maximum absolute atomic E-state index is 12.1. The Hall–Kier alpha value is -2.31. The highest BCUT2D eigenvalue weighted by molar-refractivity contribution is 14.0. The number of halogens is 1. The van der Waals surface area contributed by atoms with Crippen LogP contribution < -0.4 is 10.5 Å². The first-order chi connectivity index (χ1) is 13.1. The number of piperazine rings is 1. The second-order valence-corrected chi connectivity index (χ2v) is 7.38. The van der Waals surface area contributed by atoms with Crippen LogP contribution in [0.25, 0.3) is 0 Å². The summed E-state index contributed by atoms with van der Waals surface area (Å²) in [6.07, 6.45) is -0.344. The van der Waals surface area contributed by atoms with Crippen molar-refractivity contribution in [2.24, 2.45) is 10.7 Å². The largest absolute Gasteiger partial charge is 0.496 e. The first-order valence-electron chi connectivity index (χ1n) is 8.95. The standard InChI is InChI=1S/C18H27N5O5.HI/c1-18(2,3)28-17(24)22-9-7-21(8-10-22)16(19)20-12-13-11-14(23(25)26)5-6-15(13)27-4;/h5-6,11H,7-10,12H2,1-4H3,(H2,19,20);1H. The van der Waals surface area contributed by atoms with Crippen LogP contribution in [0.4, 0.5) is 10.5 Å². The third kappa shape index (κ3) is 7.22. The van der Waals surface area contributed by atoms with Crippen LogP contribution in [0.1, 0.15) is 26.3 Å². The maximum Gasteiger partial charge on any atom is 0.410 e. The molecule has 1 aliphatic rings. The van der Waals surface area contributed by atoms with Crippen molar-refractivity contribution in [3.8, 4) is 5.75 Å². The van der Waals surface area contributed by atoms with E-state index in [-0.39, 0.29) is 42.3 Å². The number of aliphatic imine (C=N–C) groups is 1. The Morgan fingerprint density at radius 3 is 2.34 bits per heavy atom. The van der Waals surface area contributed by atoms with Gasteiger partial charge in [-0.05, 0) is 26.8 Å². The van der Waals surface area contributed by atoms with Crippen LogP contribution >= 0.6 is 24.0 Å². The zero-order chi connectivity index (χ0) is 20.9. The van der Waals surface area contributed by atoms with Crippen LogP contribution in [-0.2, 0) is 11.3 Å². The average Bonchev–Trinajstić information content (AvgIpc) is 2.64. The van der Waals surface area contributed by atoms with E-state index in [1.807, 2.05) is 25.7 Å². The number of benzene rings is 1. The summed E-state index contributed by atoms with van der Waals surface area (Å²) in [7, 11) is 1.49. The molecule has 1 aromatic carbocycles. The molecular formula is C18H28IN5O5. The molecule has 1 fully saturated rings. The van der Waals surface area contributed by atoms with Gasteiger partial charge in [-0.3, -0.25) is 10.1 Å². The Labute approximate surface area is 187 Å². The maximum atomic E-state index is 12.1. The molecule has 1 heterocycles. The van der Waals surface area contributed by atoms with Crippen LogP contribution in [0.2, 0.25) is 0 Å². The molecule has 162 valence electrons. The first-order valence-corrected chi connectivity index (χ1v) is 8.95. The third-order valence-electron chi connectivity index (χ3n) is 4.14. The Balaban J connectivity index is 0.00000420. The summed E-state index contributed by atoms with van der Waals surface area (Å²) in [6, 6.07) is 4.35. The second kappa shape index (κ2) is 10.5. The highest BCUT2D eigenvalue weighted by Gasteiger charge is 2.26. The number of nitrogens with two attached hydrogens (primary N) is 1. The quantitative estimate of drug-likeness (QED) is 0.212. The minimum absolute atomic E-state index is 0. The van der Waals surface area contributed by atoms with E-state index < -0.39 is 10.5 Å². The molecule has 2 rings (SSSR count). The van der Waals surface area contributed by atoms with Gasteiger partial charge in [0.15, 0.2) is 5.96 Å². The summed E-state index contributed by atoms with van der Waals surface area (Å²) in [4.78, 5) is 30.5. The molecule has 0 aliphatic carbocycles. The number of ether oxygens (including phenoxy) is 2. The monoisotopic (exact) mass is 521 g/mol. The van der Waals surface area contributed by atoms with E-state index in [1.54, 1.807) is 11.0 Å². The Bertz CT molecular complexity index is 757.